The molecule has 178 valence electrons. The van der Waals surface area contributed by atoms with Crippen LogP contribution in [0.25, 0.3) is 11.1 Å². The molecule has 1 aliphatic heterocycles. The average Bonchev–Trinajstić information content (AvgIpc) is 3.47. The zero-order valence-electron chi connectivity index (χ0n) is 17.5. The summed E-state index contributed by atoms with van der Waals surface area (Å²) in [5, 5.41) is 0. The predicted molar refractivity (Wildman–Crippen MR) is 124 cm³/mol. The second-order valence-electron chi connectivity index (χ2n) is 7.58. The van der Waals surface area contributed by atoms with Gasteiger partial charge in [0.25, 0.3) is 10.0 Å². The lowest BCUT2D eigenvalue weighted by Gasteiger charge is -2.22. The van der Waals surface area contributed by atoms with Gasteiger partial charge in [-0.25, -0.2) is 8.42 Å². The predicted octanol–water partition coefficient (Wildman–Crippen LogP) is 5.61. The number of Topliss-reactive ketones (excluding diaryl/α,β-unsaturated/α-hetero) is 1. The number of carbonyl (C=O) groups is 1. The summed E-state index contributed by atoms with van der Waals surface area (Å²) in [5.41, 5.74) is 1.11. The molecule has 0 spiro atoms. The first-order chi connectivity index (χ1) is 16.1. The first kappa shape index (κ1) is 24.6. The molecule has 34 heavy (non-hydrogen) atoms. The smallest absolute Gasteiger partial charge is 0.298 e. The maximum absolute atomic E-state index is 12.9. The van der Waals surface area contributed by atoms with Crippen molar-refractivity contribution >= 4 is 38.7 Å². The SMILES string of the molecule is O=C(CCc1cc(-c2ccc(C(F)(F)F)cc2)ccn1)[C@@H]1C=CCN1S(=O)(=O)c1ccc(Cl)s1. The molecule has 5 nitrogen and oxygen atoms in total. The third-order valence-corrected chi connectivity index (χ3v) is 8.89. The van der Waals surface area contributed by atoms with Gasteiger partial charge in [-0.05, 0) is 53.9 Å². The van der Waals surface area contributed by atoms with Crippen LogP contribution in [0, 0.1) is 0 Å². The van der Waals surface area contributed by atoms with Gasteiger partial charge in [-0.2, -0.15) is 17.5 Å². The fraction of sp³-hybridized carbons (Fsp3) is 0.217. The van der Waals surface area contributed by atoms with Crippen molar-refractivity contribution in [2.75, 3.05) is 6.54 Å². The molecule has 0 amide bonds. The number of aryl methyl sites for hydroxylation is 1. The van der Waals surface area contributed by atoms with Gasteiger partial charge in [0.05, 0.1) is 9.90 Å². The van der Waals surface area contributed by atoms with Crippen LogP contribution in [0.2, 0.25) is 4.34 Å². The van der Waals surface area contributed by atoms with Gasteiger partial charge in [-0.15, -0.1) is 11.3 Å². The van der Waals surface area contributed by atoms with Crippen LogP contribution >= 0.6 is 22.9 Å². The first-order valence-electron chi connectivity index (χ1n) is 10.1. The number of halogens is 4. The molecule has 1 atom stereocenters. The number of carbonyl (C=O) groups excluding carboxylic acids is 1. The molecule has 0 N–H and O–H groups in total. The molecular formula is C23H18ClF3N2O3S2. The van der Waals surface area contributed by atoms with Crippen molar-refractivity contribution in [1.29, 1.82) is 0 Å². The van der Waals surface area contributed by atoms with E-state index < -0.39 is 27.8 Å². The monoisotopic (exact) mass is 526 g/mol. The summed E-state index contributed by atoms with van der Waals surface area (Å²) >= 11 is 6.80. The van der Waals surface area contributed by atoms with Crippen LogP contribution in [0.5, 0.6) is 0 Å². The quantitative estimate of drug-likeness (QED) is 0.375. The van der Waals surface area contributed by atoms with E-state index in [1.807, 2.05) is 0 Å². The number of hydrogen-bond acceptors (Lipinski definition) is 5. The summed E-state index contributed by atoms with van der Waals surface area (Å²) in [6.45, 7) is 0.0932. The molecule has 0 saturated carbocycles. The highest BCUT2D eigenvalue weighted by Gasteiger charge is 2.37. The van der Waals surface area contributed by atoms with Gasteiger partial charge in [-0.3, -0.25) is 9.78 Å². The Hall–Kier alpha value is -2.53. The van der Waals surface area contributed by atoms with Gasteiger partial charge >= 0.3 is 6.18 Å². The highest BCUT2D eigenvalue weighted by molar-refractivity contribution is 7.91. The number of thiophene rings is 1. The van der Waals surface area contributed by atoms with Crippen molar-refractivity contribution in [3.63, 3.8) is 0 Å². The molecule has 3 aromatic rings. The number of aromatic nitrogens is 1. The molecule has 1 aromatic carbocycles. The van der Waals surface area contributed by atoms with Crippen LogP contribution < -0.4 is 0 Å². The molecule has 0 bridgehead atoms. The van der Waals surface area contributed by atoms with Crippen molar-refractivity contribution in [3.05, 3.63) is 82.5 Å². The van der Waals surface area contributed by atoms with E-state index in [9.17, 15) is 26.4 Å². The highest BCUT2D eigenvalue weighted by Crippen LogP contribution is 2.32. The maximum atomic E-state index is 12.9. The lowest BCUT2D eigenvalue weighted by molar-refractivity contribution is -0.137. The molecule has 0 aliphatic carbocycles. The molecule has 2 aromatic heterocycles. The number of alkyl halides is 3. The molecule has 0 unspecified atom stereocenters. The van der Waals surface area contributed by atoms with Gasteiger partial charge in [-0.1, -0.05) is 35.9 Å². The molecule has 0 fully saturated rings. The van der Waals surface area contributed by atoms with Crippen molar-refractivity contribution in [2.24, 2.45) is 0 Å². The van der Waals surface area contributed by atoms with Gasteiger partial charge < -0.3 is 0 Å². The van der Waals surface area contributed by atoms with E-state index in [1.165, 1.54) is 30.5 Å². The second kappa shape index (κ2) is 9.61. The minimum atomic E-state index is -4.41. The van der Waals surface area contributed by atoms with E-state index in [-0.39, 0.29) is 29.4 Å². The number of hydrogen-bond donors (Lipinski definition) is 0. The molecule has 4 rings (SSSR count). The Morgan fingerprint density at radius 1 is 1.12 bits per heavy atom. The Labute approximate surface area is 203 Å². The third kappa shape index (κ3) is 5.25. The van der Waals surface area contributed by atoms with Crippen LogP contribution in [0.3, 0.4) is 0 Å². The Balaban J connectivity index is 1.44. The Bertz CT molecular complexity index is 1340. The number of pyridine rings is 1. The number of rotatable bonds is 7. The van der Waals surface area contributed by atoms with E-state index in [0.29, 0.717) is 21.2 Å². The number of nitrogens with zero attached hydrogens (tertiary/aromatic N) is 2. The van der Waals surface area contributed by atoms with E-state index in [2.05, 4.69) is 4.98 Å². The average molecular weight is 527 g/mol. The number of benzene rings is 1. The standard InChI is InChI=1S/C23H18ClF3N2O3S2/c24-21-9-10-22(33-21)34(31,32)29-13-1-2-19(29)20(30)8-7-18-14-16(11-12-28-18)15-3-5-17(6-4-15)23(25,26)27/h1-6,9-12,14,19H,7-8,13H2/t19-/m0/s1. The Morgan fingerprint density at radius 3 is 2.50 bits per heavy atom. The first-order valence-corrected chi connectivity index (χ1v) is 12.8. The van der Waals surface area contributed by atoms with Gasteiger partial charge in [0.2, 0.25) is 0 Å². The largest absolute Gasteiger partial charge is 0.416 e. The van der Waals surface area contributed by atoms with Gasteiger partial charge in [0.15, 0.2) is 5.78 Å². The van der Waals surface area contributed by atoms with Gasteiger partial charge in [0, 0.05) is 24.9 Å². The van der Waals surface area contributed by atoms with E-state index >= 15 is 0 Å². The summed E-state index contributed by atoms with van der Waals surface area (Å²) in [7, 11) is -3.86. The highest BCUT2D eigenvalue weighted by atomic mass is 35.5. The maximum Gasteiger partial charge on any atom is 0.416 e. The van der Waals surface area contributed by atoms with Crippen LogP contribution in [0.1, 0.15) is 17.7 Å². The fourth-order valence-corrected chi connectivity index (χ4v) is 6.75. The van der Waals surface area contributed by atoms with Gasteiger partial charge in [0.1, 0.15) is 10.3 Å². The second-order valence-corrected chi connectivity index (χ2v) is 11.4. The normalized spacial score (nSPS) is 16.8. The molecule has 0 saturated heterocycles. The van der Waals surface area contributed by atoms with Crippen LogP contribution in [-0.2, 0) is 27.4 Å². The molecule has 3 heterocycles. The summed E-state index contributed by atoms with van der Waals surface area (Å²) in [6.07, 6.45) is 0.639. The zero-order chi connectivity index (χ0) is 24.5. The Morgan fingerprint density at radius 2 is 1.85 bits per heavy atom. The number of sulfonamides is 1. The fourth-order valence-electron chi connectivity index (χ4n) is 3.62. The van der Waals surface area contributed by atoms with Crippen molar-refractivity contribution < 1.29 is 26.4 Å². The lowest BCUT2D eigenvalue weighted by atomic mass is 10.0. The van der Waals surface area contributed by atoms with Crippen LogP contribution in [-0.4, -0.2) is 36.1 Å². The number of ketones is 1. The Kier molecular flexibility index (Phi) is 6.95. The summed E-state index contributed by atoms with van der Waals surface area (Å²) in [4.78, 5) is 17.1. The van der Waals surface area contributed by atoms with E-state index in [4.69, 9.17) is 11.6 Å². The summed E-state index contributed by atoms with van der Waals surface area (Å²) < 4.78 is 65.8. The third-order valence-electron chi connectivity index (χ3n) is 5.35. The lowest BCUT2D eigenvalue weighted by Crippen LogP contribution is -2.40. The van der Waals surface area contributed by atoms with Crippen molar-refractivity contribution in [2.45, 2.75) is 29.3 Å². The summed E-state index contributed by atoms with van der Waals surface area (Å²) in [6, 6.07) is 10.2. The zero-order valence-corrected chi connectivity index (χ0v) is 19.9. The van der Waals surface area contributed by atoms with Crippen LogP contribution in [0.15, 0.2) is 71.1 Å². The van der Waals surface area contributed by atoms with E-state index in [0.717, 1.165) is 27.8 Å². The summed E-state index contributed by atoms with van der Waals surface area (Å²) in [5.74, 6) is -0.276. The van der Waals surface area contributed by atoms with E-state index in [1.54, 1.807) is 24.3 Å². The topological polar surface area (TPSA) is 67.3 Å². The minimum absolute atomic E-state index is 0.0513. The molecule has 0 radical (unpaired) electrons. The molecule has 11 heteroatoms. The molecular weight excluding hydrogens is 509 g/mol. The molecule has 1 aliphatic rings. The van der Waals surface area contributed by atoms with Crippen molar-refractivity contribution in [3.8, 4) is 11.1 Å². The van der Waals surface area contributed by atoms with Crippen LogP contribution in [0.4, 0.5) is 13.2 Å². The van der Waals surface area contributed by atoms with Crippen molar-refractivity contribution in [1.82, 2.24) is 9.29 Å². The minimum Gasteiger partial charge on any atom is -0.298 e.